The van der Waals surface area contributed by atoms with Crippen molar-refractivity contribution < 1.29 is 9.59 Å². The number of anilines is 1. The maximum absolute atomic E-state index is 13.1. The molecule has 1 aromatic heterocycles. The maximum atomic E-state index is 13.1. The molecular weight excluding hydrogens is 358 g/mol. The first-order valence-corrected chi connectivity index (χ1v) is 10.6. The summed E-state index contributed by atoms with van der Waals surface area (Å²) in [6.07, 6.45) is 5.08. The van der Waals surface area contributed by atoms with E-state index in [2.05, 4.69) is 17.2 Å². The normalized spacial score (nSPS) is 22.2. The minimum absolute atomic E-state index is 0.155. The fourth-order valence-corrected chi connectivity index (χ4v) is 5.14. The van der Waals surface area contributed by atoms with E-state index in [4.69, 9.17) is 0 Å². The molecule has 2 atom stereocenters. The lowest BCUT2D eigenvalue weighted by Crippen LogP contribution is -2.42. The van der Waals surface area contributed by atoms with Crippen molar-refractivity contribution in [1.29, 1.82) is 0 Å². The lowest BCUT2D eigenvalue weighted by Gasteiger charge is -2.34. The zero-order chi connectivity index (χ0) is 18.8. The van der Waals surface area contributed by atoms with Crippen LogP contribution in [-0.2, 0) is 11.2 Å². The van der Waals surface area contributed by atoms with E-state index in [0.29, 0.717) is 16.6 Å². The molecule has 0 saturated carbocycles. The van der Waals surface area contributed by atoms with Crippen molar-refractivity contribution in [3.8, 4) is 0 Å². The number of likely N-dealkylation sites (tertiary alicyclic amines) is 1. The van der Waals surface area contributed by atoms with E-state index in [-0.39, 0.29) is 17.7 Å². The molecule has 1 N–H and O–H groups in total. The van der Waals surface area contributed by atoms with Crippen LogP contribution < -0.4 is 5.32 Å². The molecule has 1 aliphatic heterocycles. The Hall–Kier alpha value is -2.21. The van der Waals surface area contributed by atoms with Crippen LogP contribution in [0, 0.1) is 5.92 Å². The molecule has 142 valence electrons. The summed E-state index contributed by atoms with van der Waals surface area (Å²) in [4.78, 5) is 33.4. The Bertz CT molecular complexity index is 833. The number of hydrogen-bond acceptors (Lipinski definition) is 4. The van der Waals surface area contributed by atoms with Gasteiger partial charge in [-0.05, 0) is 50.2 Å². The number of fused-ring (bicyclic) bond motifs is 1. The number of rotatable bonds is 3. The van der Waals surface area contributed by atoms with Gasteiger partial charge < -0.3 is 4.90 Å². The van der Waals surface area contributed by atoms with Crippen molar-refractivity contribution in [2.45, 2.75) is 44.9 Å². The highest BCUT2D eigenvalue weighted by Gasteiger charge is 2.34. The Morgan fingerprint density at radius 2 is 2.00 bits per heavy atom. The van der Waals surface area contributed by atoms with Crippen LogP contribution in [0.3, 0.4) is 0 Å². The molecule has 1 aromatic carbocycles. The molecule has 5 nitrogen and oxygen atoms in total. The lowest BCUT2D eigenvalue weighted by atomic mass is 9.88. The smallest absolute Gasteiger partial charge is 0.257 e. The van der Waals surface area contributed by atoms with E-state index in [1.807, 2.05) is 23.1 Å². The molecule has 0 spiro atoms. The number of amides is 2. The van der Waals surface area contributed by atoms with Gasteiger partial charge in [-0.1, -0.05) is 25.1 Å². The second kappa shape index (κ2) is 7.80. The first-order chi connectivity index (χ1) is 13.1. The fraction of sp³-hybridized carbons (Fsp3) is 0.476. The first kappa shape index (κ1) is 18.2. The minimum atomic E-state index is -0.158. The van der Waals surface area contributed by atoms with Gasteiger partial charge in [-0.3, -0.25) is 14.9 Å². The third-order valence-electron chi connectivity index (χ3n) is 5.48. The van der Waals surface area contributed by atoms with Crippen molar-refractivity contribution in [3.05, 3.63) is 46.5 Å². The number of nitrogens with zero attached hydrogens (tertiary/aromatic N) is 2. The van der Waals surface area contributed by atoms with Crippen LogP contribution in [0.25, 0.3) is 0 Å². The van der Waals surface area contributed by atoms with E-state index in [1.165, 1.54) is 17.8 Å². The van der Waals surface area contributed by atoms with E-state index in [0.717, 1.165) is 49.3 Å². The van der Waals surface area contributed by atoms with Gasteiger partial charge in [0.2, 0.25) is 5.91 Å². The number of hydrogen-bond donors (Lipinski definition) is 1. The third-order valence-corrected chi connectivity index (χ3v) is 6.52. The summed E-state index contributed by atoms with van der Waals surface area (Å²) < 4.78 is 0. The number of piperidine rings is 1. The molecule has 4 rings (SSSR count). The molecule has 1 aliphatic carbocycles. The summed E-state index contributed by atoms with van der Waals surface area (Å²) >= 11 is 1.51. The number of nitrogens with one attached hydrogen (secondary N) is 1. The summed E-state index contributed by atoms with van der Waals surface area (Å²) in [6, 6.07) is 9.14. The van der Waals surface area contributed by atoms with Crippen LogP contribution in [0.4, 0.5) is 5.13 Å². The Kier molecular flexibility index (Phi) is 5.25. The van der Waals surface area contributed by atoms with Gasteiger partial charge in [-0.25, -0.2) is 4.98 Å². The molecule has 2 amide bonds. The van der Waals surface area contributed by atoms with Crippen molar-refractivity contribution in [2.24, 2.45) is 5.92 Å². The topological polar surface area (TPSA) is 62.3 Å². The first-order valence-electron chi connectivity index (χ1n) is 9.76. The van der Waals surface area contributed by atoms with Gasteiger partial charge >= 0.3 is 0 Å². The zero-order valence-electron chi connectivity index (χ0n) is 15.6. The predicted molar refractivity (Wildman–Crippen MR) is 107 cm³/mol. The average molecular weight is 384 g/mol. The Morgan fingerprint density at radius 1 is 1.19 bits per heavy atom. The molecule has 2 aliphatic rings. The van der Waals surface area contributed by atoms with Crippen LogP contribution in [0.2, 0.25) is 0 Å². The Labute approximate surface area is 163 Å². The van der Waals surface area contributed by atoms with Gasteiger partial charge in [0.25, 0.3) is 5.91 Å². The van der Waals surface area contributed by atoms with E-state index >= 15 is 0 Å². The summed E-state index contributed by atoms with van der Waals surface area (Å²) in [7, 11) is 0. The fourth-order valence-electron chi connectivity index (χ4n) is 4.08. The number of carbonyl (C=O) groups is 2. The van der Waals surface area contributed by atoms with Crippen molar-refractivity contribution in [3.63, 3.8) is 0 Å². The Balaban J connectivity index is 1.51. The number of aryl methyl sites for hydroxylation is 1. The number of thiazole rings is 1. The summed E-state index contributed by atoms with van der Waals surface area (Å²) in [5, 5.41) is 3.50. The predicted octanol–water partition coefficient (Wildman–Crippen LogP) is 4.07. The van der Waals surface area contributed by atoms with Crippen LogP contribution in [0.15, 0.2) is 30.3 Å². The molecule has 6 heteroatoms. The molecule has 2 aromatic rings. The molecule has 1 fully saturated rings. The number of aromatic nitrogens is 1. The van der Waals surface area contributed by atoms with Gasteiger partial charge in [-0.2, -0.15) is 0 Å². The monoisotopic (exact) mass is 383 g/mol. The average Bonchev–Trinajstić information content (AvgIpc) is 3.10. The van der Waals surface area contributed by atoms with Gasteiger partial charge in [0, 0.05) is 23.5 Å². The highest BCUT2D eigenvalue weighted by atomic mass is 32.1. The standard InChI is InChI=1S/C21H25N3O2S/c1-14-7-6-12-24(13-14)20(26)16-10-5-11-17-18(16)22-21(27-17)23-19(25)15-8-3-2-4-9-15/h2-4,8-9,14,16H,5-7,10-13H2,1H3,(H,22,23,25). The second-order valence-corrected chi connectivity index (χ2v) is 8.71. The van der Waals surface area contributed by atoms with E-state index < -0.39 is 0 Å². The highest BCUT2D eigenvalue weighted by molar-refractivity contribution is 7.15. The molecule has 0 bridgehead atoms. The van der Waals surface area contributed by atoms with Crippen LogP contribution in [0.5, 0.6) is 0 Å². The van der Waals surface area contributed by atoms with E-state index in [1.54, 1.807) is 12.1 Å². The summed E-state index contributed by atoms with van der Waals surface area (Å²) in [5.41, 5.74) is 1.50. The van der Waals surface area contributed by atoms with Crippen molar-refractivity contribution in [1.82, 2.24) is 9.88 Å². The number of benzene rings is 1. The van der Waals surface area contributed by atoms with Gasteiger partial charge in [0.15, 0.2) is 5.13 Å². The molecule has 2 heterocycles. The minimum Gasteiger partial charge on any atom is -0.342 e. The third kappa shape index (κ3) is 3.90. The summed E-state index contributed by atoms with van der Waals surface area (Å²) in [5.74, 6) is 0.475. The molecule has 27 heavy (non-hydrogen) atoms. The van der Waals surface area contributed by atoms with Crippen LogP contribution in [-0.4, -0.2) is 34.8 Å². The van der Waals surface area contributed by atoms with Gasteiger partial charge in [0.05, 0.1) is 11.6 Å². The molecule has 0 radical (unpaired) electrons. The van der Waals surface area contributed by atoms with E-state index in [9.17, 15) is 9.59 Å². The highest BCUT2D eigenvalue weighted by Crippen LogP contribution is 2.38. The zero-order valence-corrected chi connectivity index (χ0v) is 16.4. The second-order valence-electron chi connectivity index (χ2n) is 7.62. The largest absolute Gasteiger partial charge is 0.342 e. The SMILES string of the molecule is CC1CCCN(C(=O)C2CCCc3sc(NC(=O)c4ccccc4)nc32)C1. The molecule has 1 saturated heterocycles. The molecular formula is C21H25N3O2S. The molecule has 2 unspecified atom stereocenters. The summed E-state index contributed by atoms with van der Waals surface area (Å²) in [6.45, 7) is 3.93. The quantitative estimate of drug-likeness (QED) is 0.869. The Morgan fingerprint density at radius 3 is 2.78 bits per heavy atom. The van der Waals surface area contributed by atoms with Crippen molar-refractivity contribution >= 4 is 28.3 Å². The van der Waals surface area contributed by atoms with Crippen molar-refractivity contribution in [2.75, 3.05) is 18.4 Å². The maximum Gasteiger partial charge on any atom is 0.257 e. The lowest BCUT2D eigenvalue weighted by molar-refractivity contribution is -0.135. The van der Waals surface area contributed by atoms with Crippen LogP contribution in [0.1, 0.15) is 59.5 Å². The van der Waals surface area contributed by atoms with Gasteiger partial charge in [0.1, 0.15) is 0 Å². The van der Waals surface area contributed by atoms with Gasteiger partial charge in [-0.15, -0.1) is 11.3 Å². The van der Waals surface area contributed by atoms with Crippen LogP contribution >= 0.6 is 11.3 Å². The number of carbonyl (C=O) groups excluding carboxylic acids is 2.